The second kappa shape index (κ2) is 7.01. The Morgan fingerprint density at radius 2 is 2.28 bits per heavy atom. The van der Waals surface area contributed by atoms with Crippen LogP contribution in [0.2, 0.25) is 0 Å². The summed E-state index contributed by atoms with van der Waals surface area (Å²) in [6, 6.07) is 0. The summed E-state index contributed by atoms with van der Waals surface area (Å²) in [5.41, 5.74) is 1.87. The SMILES string of the molecule is C=Cc1nc(SC)ncc1[C@@H](C)CC(C)S(N)=O. The van der Waals surface area contributed by atoms with Gasteiger partial charge < -0.3 is 0 Å². The van der Waals surface area contributed by atoms with Crippen LogP contribution in [0.5, 0.6) is 0 Å². The normalized spacial score (nSPS) is 16.0. The quantitative estimate of drug-likeness (QED) is 0.643. The third kappa shape index (κ3) is 3.90. The lowest BCUT2D eigenvalue weighted by Crippen LogP contribution is -2.20. The molecule has 0 aromatic carbocycles. The minimum Gasteiger partial charge on any atom is -0.252 e. The molecule has 0 aliphatic heterocycles. The largest absolute Gasteiger partial charge is 0.252 e. The molecule has 0 spiro atoms. The van der Waals surface area contributed by atoms with Crippen molar-refractivity contribution < 1.29 is 4.21 Å². The predicted molar refractivity (Wildman–Crippen MR) is 78.7 cm³/mol. The van der Waals surface area contributed by atoms with E-state index in [9.17, 15) is 4.21 Å². The van der Waals surface area contributed by atoms with Crippen LogP contribution >= 0.6 is 11.8 Å². The van der Waals surface area contributed by atoms with Crippen molar-refractivity contribution in [1.82, 2.24) is 9.97 Å². The summed E-state index contributed by atoms with van der Waals surface area (Å²) in [7, 11) is -1.29. The summed E-state index contributed by atoms with van der Waals surface area (Å²) >= 11 is 1.50. The molecule has 0 fully saturated rings. The van der Waals surface area contributed by atoms with Crippen LogP contribution < -0.4 is 5.14 Å². The molecular weight excluding hydrogens is 266 g/mol. The molecule has 1 aromatic rings. The van der Waals surface area contributed by atoms with Gasteiger partial charge in [-0.15, -0.1) is 0 Å². The number of aromatic nitrogens is 2. The Bertz CT molecular complexity index is 451. The van der Waals surface area contributed by atoms with Gasteiger partial charge in [-0.3, -0.25) is 5.14 Å². The molecule has 0 saturated heterocycles. The van der Waals surface area contributed by atoms with E-state index in [0.29, 0.717) is 0 Å². The minimum absolute atomic E-state index is 0.0436. The molecule has 0 saturated carbocycles. The summed E-state index contributed by atoms with van der Waals surface area (Å²) in [4.78, 5) is 8.69. The van der Waals surface area contributed by atoms with Crippen molar-refractivity contribution >= 4 is 28.8 Å². The summed E-state index contributed by atoms with van der Waals surface area (Å²) in [5.74, 6) is 0.205. The van der Waals surface area contributed by atoms with Crippen molar-refractivity contribution in [3.8, 4) is 0 Å². The van der Waals surface area contributed by atoms with E-state index in [1.807, 2.05) is 19.4 Å². The molecule has 18 heavy (non-hydrogen) atoms. The lowest BCUT2D eigenvalue weighted by atomic mass is 9.96. The summed E-state index contributed by atoms with van der Waals surface area (Å²) in [6.07, 6.45) is 6.24. The van der Waals surface area contributed by atoms with Gasteiger partial charge in [-0.05, 0) is 37.2 Å². The third-order valence-electron chi connectivity index (χ3n) is 2.81. The highest BCUT2D eigenvalue weighted by Gasteiger charge is 2.17. The van der Waals surface area contributed by atoms with Crippen molar-refractivity contribution in [3.63, 3.8) is 0 Å². The summed E-state index contributed by atoms with van der Waals surface area (Å²) < 4.78 is 11.2. The number of nitrogens with zero attached hydrogens (tertiary/aromatic N) is 2. The molecule has 3 atom stereocenters. The first kappa shape index (κ1) is 15.3. The summed E-state index contributed by atoms with van der Waals surface area (Å²) in [6.45, 7) is 7.73. The van der Waals surface area contributed by atoms with Crippen LogP contribution in [0.1, 0.15) is 37.4 Å². The first-order valence-electron chi connectivity index (χ1n) is 5.67. The second-order valence-electron chi connectivity index (χ2n) is 4.18. The maximum absolute atomic E-state index is 11.2. The van der Waals surface area contributed by atoms with E-state index in [2.05, 4.69) is 23.5 Å². The van der Waals surface area contributed by atoms with Crippen molar-refractivity contribution in [2.45, 2.75) is 36.6 Å². The zero-order valence-electron chi connectivity index (χ0n) is 10.9. The van der Waals surface area contributed by atoms with Gasteiger partial charge in [0, 0.05) is 11.4 Å². The number of nitrogens with two attached hydrogens (primary N) is 1. The van der Waals surface area contributed by atoms with Crippen LogP contribution in [0.3, 0.4) is 0 Å². The molecule has 2 unspecified atom stereocenters. The number of hydrogen-bond acceptors (Lipinski definition) is 4. The highest BCUT2D eigenvalue weighted by atomic mass is 32.2. The molecule has 0 aliphatic carbocycles. The molecule has 0 aliphatic rings. The van der Waals surface area contributed by atoms with Gasteiger partial charge in [-0.1, -0.05) is 25.3 Å². The van der Waals surface area contributed by atoms with E-state index >= 15 is 0 Å². The lowest BCUT2D eigenvalue weighted by molar-refractivity contribution is 0.630. The van der Waals surface area contributed by atoms with E-state index in [0.717, 1.165) is 22.8 Å². The molecule has 1 heterocycles. The van der Waals surface area contributed by atoms with E-state index in [1.54, 1.807) is 6.08 Å². The van der Waals surface area contributed by atoms with Gasteiger partial charge in [-0.25, -0.2) is 14.2 Å². The smallest absolute Gasteiger partial charge is 0.187 e. The van der Waals surface area contributed by atoms with Crippen molar-refractivity contribution in [1.29, 1.82) is 0 Å². The molecule has 1 aromatic heterocycles. The monoisotopic (exact) mass is 285 g/mol. The Hall–Kier alpha value is -0.720. The van der Waals surface area contributed by atoms with Crippen LogP contribution in [0.25, 0.3) is 6.08 Å². The van der Waals surface area contributed by atoms with E-state index in [1.165, 1.54) is 11.8 Å². The molecule has 2 N–H and O–H groups in total. The minimum atomic E-state index is -1.29. The average Bonchev–Trinajstić information content (AvgIpc) is 2.37. The lowest BCUT2D eigenvalue weighted by Gasteiger charge is -2.17. The highest BCUT2D eigenvalue weighted by Crippen LogP contribution is 2.25. The second-order valence-corrected chi connectivity index (χ2v) is 6.41. The average molecular weight is 285 g/mol. The van der Waals surface area contributed by atoms with E-state index in [-0.39, 0.29) is 11.2 Å². The zero-order chi connectivity index (χ0) is 13.7. The Morgan fingerprint density at radius 1 is 1.61 bits per heavy atom. The van der Waals surface area contributed by atoms with Crippen molar-refractivity contribution in [2.75, 3.05) is 6.26 Å². The van der Waals surface area contributed by atoms with Crippen molar-refractivity contribution in [2.24, 2.45) is 5.14 Å². The predicted octanol–water partition coefficient (Wildman–Crippen LogP) is 2.35. The molecule has 0 amide bonds. The fourth-order valence-corrected chi connectivity index (χ4v) is 2.57. The Kier molecular flexibility index (Phi) is 5.98. The molecule has 4 nitrogen and oxygen atoms in total. The van der Waals surface area contributed by atoms with Crippen molar-refractivity contribution in [3.05, 3.63) is 24.0 Å². The van der Waals surface area contributed by atoms with Crippen LogP contribution in [-0.2, 0) is 11.0 Å². The van der Waals surface area contributed by atoms with Gasteiger partial charge in [0.15, 0.2) is 5.16 Å². The number of rotatable bonds is 6. The zero-order valence-corrected chi connectivity index (χ0v) is 12.6. The fraction of sp³-hybridized carbons (Fsp3) is 0.500. The first-order chi connectivity index (χ1) is 8.49. The van der Waals surface area contributed by atoms with E-state index < -0.39 is 11.0 Å². The Morgan fingerprint density at radius 3 is 2.78 bits per heavy atom. The van der Waals surface area contributed by atoms with Gasteiger partial charge >= 0.3 is 0 Å². The topological polar surface area (TPSA) is 68.9 Å². The van der Waals surface area contributed by atoms with Gasteiger partial charge in [0.2, 0.25) is 0 Å². The van der Waals surface area contributed by atoms with Crippen LogP contribution in [0.4, 0.5) is 0 Å². The highest BCUT2D eigenvalue weighted by molar-refractivity contribution is 7.98. The van der Waals surface area contributed by atoms with Gasteiger partial charge in [0.05, 0.1) is 16.7 Å². The summed E-state index contributed by atoms with van der Waals surface area (Å²) in [5, 5.41) is 6.09. The Labute approximate surface area is 115 Å². The van der Waals surface area contributed by atoms with Gasteiger partial charge in [0.25, 0.3) is 0 Å². The first-order valence-corrected chi connectivity index (χ1v) is 8.18. The van der Waals surface area contributed by atoms with Gasteiger partial charge in [-0.2, -0.15) is 0 Å². The molecule has 1 rings (SSSR count). The molecule has 0 bridgehead atoms. The molecule has 0 radical (unpaired) electrons. The van der Waals surface area contributed by atoms with Gasteiger partial charge in [0.1, 0.15) is 0 Å². The third-order valence-corrected chi connectivity index (χ3v) is 4.36. The Balaban J connectivity index is 2.94. The van der Waals surface area contributed by atoms with Crippen LogP contribution in [0.15, 0.2) is 17.9 Å². The number of hydrogen-bond donors (Lipinski definition) is 1. The number of thioether (sulfide) groups is 1. The van der Waals surface area contributed by atoms with E-state index in [4.69, 9.17) is 5.14 Å². The molecule has 6 heteroatoms. The maximum Gasteiger partial charge on any atom is 0.187 e. The standard InChI is InChI=1S/C12H19N3OS2/c1-5-11-10(7-14-12(15-11)17-4)8(2)6-9(3)18(13)16/h5,7-9H,1,6,13H2,2-4H3/t8-,9?,18?/m0/s1. The van der Waals surface area contributed by atoms with Crippen LogP contribution in [-0.4, -0.2) is 25.7 Å². The van der Waals surface area contributed by atoms with Crippen LogP contribution in [0, 0.1) is 0 Å². The molecular formula is C12H19N3OS2. The fourth-order valence-electron chi connectivity index (χ4n) is 1.75. The molecule has 100 valence electrons. The maximum atomic E-state index is 11.2.